The minimum Gasteiger partial charge on any atom is -0.241 e. The number of hydrogen-bond donors (Lipinski definition) is 0. The predicted octanol–water partition coefficient (Wildman–Crippen LogP) is 2.37. The van der Waals surface area contributed by atoms with E-state index in [1.165, 1.54) is 0 Å². The van der Waals surface area contributed by atoms with Crippen LogP contribution < -0.4 is 0 Å². The second kappa shape index (κ2) is 6.80. The first-order valence-electron chi connectivity index (χ1n) is 8.55. The molecular formula is C19H13N9. The van der Waals surface area contributed by atoms with E-state index >= 15 is 0 Å². The number of nitrogens with zero attached hydrogens (tertiary/aromatic N) is 9. The van der Waals surface area contributed by atoms with Gasteiger partial charge in [0.25, 0.3) is 0 Å². The van der Waals surface area contributed by atoms with Gasteiger partial charge in [-0.25, -0.2) is 4.98 Å². The van der Waals surface area contributed by atoms with Crippen molar-refractivity contribution in [1.82, 2.24) is 45.4 Å². The third-order valence-corrected chi connectivity index (χ3v) is 4.15. The Morgan fingerprint density at radius 1 is 0.500 bits per heavy atom. The maximum absolute atomic E-state index is 4.70. The van der Waals surface area contributed by atoms with Crippen LogP contribution in [0.25, 0.3) is 34.4 Å². The van der Waals surface area contributed by atoms with Gasteiger partial charge in [0.2, 0.25) is 11.6 Å². The number of pyridine rings is 1. The highest BCUT2D eigenvalue weighted by atomic mass is 15.6. The van der Waals surface area contributed by atoms with E-state index in [1.54, 1.807) is 9.36 Å². The van der Waals surface area contributed by atoms with Crippen LogP contribution in [0.15, 0.2) is 78.9 Å². The van der Waals surface area contributed by atoms with Crippen LogP contribution in [0, 0.1) is 0 Å². The SMILES string of the molecule is c1ccc(-n2nnnc2-c2cccc(-c3nnnn3-c3ccccc3)n2)cc1. The number of hydrogen-bond acceptors (Lipinski definition) is 7. The van der Waals surface area contributed by atoms with Crippen LogP contribution in [-0.4, -0.2) is 45.4 Å². The van der Waals surface area contributed by atoms with Crippen LogP contribution in [0.1, 0.15) is 0 Å². The Bertz CT molecular complexity index is 1120. The van der Waals surface area contributed by atoms with E-state index in [0.717, 1.165) is 11.4 Å². The van der Waals surface area contributed by atoms with E-state index in [9.17, 15) is 0 Å². The third-order valence-electron chi connectivity index (χ3n) is 4.15. The number of rotatable bonds is 4. The molecule has 0 aliphatic heterocycles. The van der Waals surface area contributed by atoms with E-state index in [2.05, 4.69) is 31.1 Å². The monoisotopic (exact) mass is 367 g/mol. The molecule has 9 nitrogen and oxygen atoms in total. The molecule has 134 valence electrons. The molecule has 0 amide bonds. The molecule has 28 heavy (non-hydrogen) atoms. The highest BCUT2D eigenvalue weighted by Crippen LogP contribution is 2.22. The summed E-state index contributed by atoms with van der Waals surface area (Å²) in [6, 6.07) is 24.9. The van der Waals surface area contributed by atoms with Gasteiger partial charge in [0.1, 0.15) is 11.4 Å². The molecule has 2 aromatic carbocycles. The van der Waals surface area contributed by atoms with Crippen molar-refractivity contribution in [2.24, 2.45) is 0 Å². The van der Waals surface area contributed by atoms with Gasteiger partial charge in [-0.2, -0.15) is 9.36 Å². The van der Waals surface area contributed by atoms with Gasteiger partial charge < -0.3 is 0 Å². The van der Waals surface area contributed by atoms with Crippen molar-refractivity contribution in [2.45, 2.75) is 0 Å². The van der Waals surface area contributed by atoms with Crippen LogP contribution in [0.2, 0.25) is 0 Å². The summed E-state index contributed by atoms with van der Waals surface area (Å²) in [5.41, 5.74) is 2.94. The number of tetrazole rings is 2. The van der Waals surface area contributed by atoms with Gasteiger partial charge in [-0.15, -0.1) is 10.2 Å². The summed E-state index contributed by atoms with van der Waals surface area (Å²) in [4.78, 5) is 4.70. The largest absolute Gasteiger partial charge is 0.241 e. The molecule has 0 saturated carbocycles. The lowest BCUT2D eigenvalue weighted by atomic mass is 10.2. The lowest BCUT2D eigenvalue weighted by molar-refractivity contribution is 0.789. The topological polar surface area (TPSA) is 100 Å². The molecule has 3 aromatic heterocycles. The van der Waals surface area contributed by atoms with E-state index in [0.29, 0.717) is 23.0 Å². The van der Waals surface area contributed by atoms with Crippen molar-refractivity contribution in [3.05, 3.63) is 78.9 Å². The van der Waals surface area contributed by atoms with Gasteiger partial charge in [-0.05, 0) is 57.3 Å². The quantitative estimate of drug-likeness (QED) is 0.481. The van der Waals surface area contributed by atoms with E-state index in [-0.39, 0.29) is 0 Å². The zero-order valence-corrected chi connectivity index (χ0v) is 14.5. The van der Waals surface area contributed by atoms with Gasteiger partial charge in [0.15, 0.2) is 0 Å². The normalized spacial score (nSPS) is 10.9. The summed E-state index contributed by atoms with van der Waals surface area (Å²) in [6.07, 6.45) is 0. The zero-order chi connectivity index (χ0) is 18.8. The molecule has 0 aliphatic rings. The lowest BCUT2D eigenvalue weighted by Gasteiger charge is -2.06. The predicted molar refractivity (Wildman–Crippen MR) is 101 cm³/mol. The number of para-hydroxylation sites is 2. The highest BCUT2D eigenvalue weighted by Gasteiger charge is 2.16. The average Bonchev–Trinajstić information content (AvgIpc) is 3.45. The van der Waals surface area contributed by atoms with Gasteiger partial charge in [-0.1, -0.05) is 42.5 Å². The van der Waals surface area contributed by atoms with Crippen molar-refractivity contribution in [3.8, 4) is 34.4 Å². The van der Waals surface area contributed by atoms with E-state index < -0.39 is 0 Å². The van der Waals surface area contributed by atoms with Crippen LogP contribution in [-0.2, 0) is 0 Å². The minimum absolute atomic E-state index is 0.534. The third kappa shape index (κ3) is 2.80. The first kappa shape index (κ1) is 15.9. The summed E-state index contributed by atoms with van der Waals surface area (Å²) in [5, 5.41) is 24.1. The summed E-state index contributed by atoms with van der Waals surface area (Å²) in [5.74, 6) is 1.07. The summed E-state index contributed by atoms with van der Waals surface area (Å²) < 4.78 is 3.29. The average molecular weight is 367 g/mol. The lowest BCUT2D eigenvalue weighted by Crippen LogP contribution is -2.03. The molecule has 0 unspecified atom stereocenters. The highest BCUT2D eigenvalue weighted by molar-refractivity contribution is 5.59. The molecule has 0 spiro atoms. The Kier molecular flexibility index (Phi) is 3.87. The maximum atomic E-state index is 4.70. The Morgan fingerprint density at radius 3 is 1.43 bits per heavy atom. The fourth-order valence-corrected chi connectivity index (χ4v) is 2.86. The Hall–Kier alpha value is -4.27. The first-order chi connectivity index (χ1) is 13.9. The molecule has 0 fully saturated rings. The molecule has 3 heterocycles. The Labute approximate surface area is 159 Å². The minimum atomic E-state index is 0.534. The van der Waals surface area contributed by atoms with Crippen molar-refractivity contribution in [3.63, 3.8) is 0 Å². The molecule has 0 aliphatic carbocycles. The van der Waals surface area contributed by atoms with Gasteiger partial charge in [-0.3, -0.25) is 0 Å². The molecule has 5 aromatic rings. The summed E-state index contributed by atoms with van der Waals surface area (Å²) >= 11 is 0. The van der Waals surface area contributed by atoms with Crippen molar-refractivity contribution in [2.75, 3.05) is 0 Å². The standard InChI is InChI=1S/C19H13N9/c1-3-8-14(9-4-1)27-18(21-23-25-27)16-12-7-13-17(20-16)19-22-24-26-28(19)15-10-5-2-6-11-15/h1-13H. The first-order valence-corrected chi connectivity index (χ1v) is 8.55. The van der Waals surface area contributed by atoms with Crippen molar-refractivity contribution >= 4 is 0 Å². The Morgan fingerprint density at radius 2 is 0.964 bits per heavy atom. The van der Waals surface area contributed by atoms with Crippen LogP contribution in [0.5, 0.6) is 0 Å². The van der Waals surface area contributed by atoms with Crippen LogP contribution >= 0.6 is 0 Å². The van der Waals surface area contributed by atoms with Crippen LogP contribution in [0.3, 0.4) is 0 Å². The fourth-order valence-electron chi connectivity index (χ4n) is 2.86. The summed E-state index contributed by atoms with van der Waals surface area (Å²) in [6.45, 7) is 0. The number of aromatic nitrogens is 9. The molecule has 0 saturated heterocycles. The maximum Gasteiger partial charge on any atom is 0.205 e. The molecule has 5 rings (SSSR count). The van der Waals surface area contributed by atoms with E-state index in [1.807, 2.05) is 78.9 Å². The van der Waals surface area contributed by atoms with Crippen molar-refractivity contribution < 1.29 is 0 Å². The molecule has 9 heteroatoms. The molecule has 0 radical (unpaired) electrons. The fraction of sp³-hybridized carbons (Fsp3) is 0. The van der Waals surface area contributed by atoms with Gasteiger partial charge in [0.05, 0.1) is 11.4 Å². The second-order valence-corrected chi connectivity index (χ2v) is 5.91. The zero-order valence-electron chi connectivity index (χ0n) is 14.5. The molecular weight excluding hydrogens is 354 g/mol. The van der Waals surface area contributed by atoms with E-state index in [4.69, 9.17) is 4.98 Å². The van der Waals surface area contributed by atoms with Crippen molar-refractivity contribution in [1.29, 1.82) is 0 Å². The molecule has 0 bridgehead atoms. The second-order valence-electron chi connectivity index (χ2n) is 5.91. The number of benzene rings is 2. The molecule has 0 N–H and O–H groups in total. The smallest absolute Gasteiger partial charge is 0.205 e. The van der Waals surface area contributed by atoms with Gasteiger partial charge >= 0.3 is 0 Å². The summed E-state index contributed by atoms with van der Waals surface area (Å²) in [7, 11) is 0. The van der Waals surface area contributed by atoms with Gasteiger partial charge in [0, 0.05) is 0 Å². The molecule has 0 atom stereocenters. The Balaban J connectivity index is 1.59. The van der Waals surface area contributed by atoms with Crippen LogP contribution in [0.4, 0.5) is 0 Å².